The van der Waals surface area contributed by atoms with Crippen LogP contribution in [0.1, 0.15) is 49.1 Å². The molecule has 2 aromatic carbocycles. The third-order valence-corrected chi connectivity index (χ3v) is 6.52. The highest BCUT2D eigenvalue weighted by Crippen LogP contribution is 2.41. The van der Waals surface area contributed by atoms with E-state index in [1.807, 2.05) is 30.3 Å². The maximum Gasteiger partial charge on any atom is 0.417 e. The van der Waals surface area contributed by atoms with E-state index in [0.29, 0.717) is 56.9 Å². The van der Waals surface area contributed by atoms with Gasteiger partial charge in [-0.15, -0.1) is 0 Å². The Morgan fingerprint density at radius 3 is 2.30 bits per heavy atom. The fraction of sp³-hybridized carbons (Fsp3) is 0.462. The first-order valence-electron chi connectivity index (χ1n) is 11.8. The van der Waals surface area contributed by atoms with Crippen LogP contribution in [0.15, 0.2) is 54.6 Å². The molecular weight excluding hydrogens is 420 g/mol. The Bertz CT molecular complexity index is 919. The van der Waals surface area contributed by atoms with Crippen molar-refractivity contribution in [2.24, 2.45) is 0 Å². The lowest BCUT2D eigenvalue weighted by Gasteiger charge is -2.38. The third-order valence-electron chi connectivity index (χ3n) is 6.52. The molecule has 1 saturated heterocycles. The molecule has 2 N–H and O–H groups in total. The summed E-state index contributed by atoms with van der Waals surface area (Å²) in [5, 5.41) is 14.6. The molecule has 1 amide bonds. The van der Waals surface area contributed by atoms with E-state index in [1.54, 1.807) is 24.3 Å². The van der Waals surface area contributed by atoms with Gasteiger partial charge in [-0.25, -0.2) is 4.79 Å². The number of esters is 1. The second kappa shape index (κ2) is 10.8. The SMILES string of the molecule is O=C(OC(=O)N1CCNCC1)C(c1ccc(OCc2ccccc2)cc1)C1(O)CCCCC1. The van der Waals surface area contributed by atoms with Crippen molar-refractivity contribution in [1.82, 2.24) is 10.2 Å². The summed E-state index contributed by atoms with van der Waals surface area (Å²) in [6.45, 7) is 2.76. The van der Waals surface area contributed by atoms with Crippen molar-refractivity contribution in [3.05, 3.63) is 65.7 Å². The predicted octanol–water partition coefficient (Wildman–Crippen LogP) is 3.61. The average molecular weight is 453 g/mol. The fourth-order valence-electron chi connectivity index (χ4n) is 4.67. The molecule has 1 saturated carbocycles. The number of nitrogens with one attached hydrogen (secondary N) is 1. The Hall–Kier alpha value is -2.90. The Labute approximate surface area is 194 Å². The standard InChI is InChI=1S/C26H32N2O5/c29-24(33-25(30)28-17-15-27-16-18-28)23(26(31)13-5-2-6-14-26)21-9-11-22(12-10-21)32-19-20-7-3-1-4-8-20/h1,3-4,7-12,23,27,31H,2,5-6,13-19H2. The molecular formula is C26H32N2O5. The van der Waals surface area contributed by atoms with Gasteiger partial charge in [0.1, 0.15) is 18.3 Å². The summed E-state index contributed by atoms with van der Waals surface area (Å²) in [7, 11) is 0. The zero-order valence-corrected chi connectivity index (χ0v) is 18.9. The highest BCUT2D eigenvalue weighted by Gasteiger charge is 2.45. The van der Waals surface area contributed by atoms with Crippen molar-refractivity contribution in [2.75, 3.05) is 26.2 Å². The lowest BCUT2D eigenvalue weighted by Crippen LogP contribution is -2.49. The molecule has 2 aliphatic rings. The molecule has 7 nitrogen and oxygen atoms in total. The number of aliphatic hydroxyl groups is 1. The first-order chi connectivity index (χ1) is 16.0. The van der Waals surface area contributed by atoms with Gasteiger partial charge in [-0.3, -0.25) is 4.79 Å². The lowest BCUT2D eigenvalue weighted by molar-refractivity contribution is -0.149. The number of piperazine rings is 1. The topological polar surface area (TPSA) is 88.1 Å². The van der Waals surface area contributed by atoms with Gasteiger partial charge in [0, 0.05) is 26.2 Å². The summed E-state index contributed by atoms with van der Waals surface area (Å²) in [5.74, 6) is -0.948. The second-order valence-electron chi connectivity index (χ2n) is 8.86. The summed E-state index contributed by atoms with van der Waals surface area (Å²) < 4.78 is 11.1. The number of benzene rings is 2. The van der Waals surface area contributed by atoms with Crippen LogP contribution in [-0.4, -0.2) is 53.8 Å². The van der Waals surface area contributed by atoms with E-state index in [1.165, 1.54) is 4.90 Å². The van der Waals surface area contributed by atoms with Crippen LogP contribution >= 0.6 is 0 Å². The molecule has 4 rings (SSSR count). The highest BCUT2D eigenvalue weighted by molar-refractivity contribution is 5.89. The number of hydrogen-bond donors (Lipinski definition) is 2. The van der Waals surface area contributed by atoms with Crippen molar-refractivity contribution in [1.29, 1.82) is 0 Å². The fourth-order valence-corrected chi connectivity index (χ4v) is 4.67. The van der Waals surface area contributed by atoms with Gasteiger partial charge in [-0.1, -0.05) is 61.7 Å². The molecule has 1 atom stereocenters. The Balaban J connectivity index is 1.49. The van der Waals surface area contributed by atoms with E-state index in [2.05, 4.69) is 5.32 Å². The smallest absolute Gasteiger partial charge is 0.417 e. The van der Waals surface area contributed by atoms with Gasteiger partial charge in [-0.2, -0.15) is 0 Å². The monoisotopic (exact) mass is 452 g/mol. The van der Waals surface area contributed by atoms with Crippen molar-refractivity contribution >= 4 is 12.1 Å². The van der Waals surface area contributed by atoms with Crippen LogP contribution in [0.25, 0.3) is 0 Å². The van der Waals surface area contributed by atoms with Gasteiger partial charge in [0.15, 0.2) is 0 Å². The Morgan fingerprint density at radius 2 is 1.64 bits per heavy atom. The normalized spacial score (nSPS) is 18.9. The average Bonchev–Trinajstić information content (AvgIpc) is 2.85. The van der Waals surface area contributed by atoms with Crippen LogP contribution in [-0.2, 0) is 16.1 Å². The van der Waals surface area contributed by atoms with Crippen LogP contribution in [0.2, 0.25) is 0 Å². The molecule has 33 heavy (non-hydrogen) atoms. The summed E-state index contributed by atoms with van der Waals surface area (Å²) in [6.07, 6.45) is 3.06. The van der Waals surface area contributed by atoms with Crippen LogP contribution in [0.4, 0.5) is 4.79 Å². The molecule has 1 aliphatic carbocycles. The van der Waals surface area contributed by atoms with Gasteiger partial charge in [0.25, 0.3) is 0 Å². The van der Waals surface area contributed by atoms with Crippen molar-refractivity contribution < 1.29 is 24.2 Å². The maximum absolute atomic E-state index is 13.2. The van der Waals surface area contributed by atoms with Gasteiger partial charge >= 0.3 is 12.1 Å². The maximum atomic E-state index is 13.2. The van der Waals surface area contributed by atoms with Crippen LogP contribution in [0.5, 0.6) is 5.75 Å². The first-order valence-corrected chi connectivity index (χ1v) is 11.8. The highest BCUT2D eigenvalue weighted by atomic mass is 16.6. The minimum atomic E-state index is -1.23. The number of hydrogen-bond acceptors (Lipinski definition) is 6. The summed E-state index contributed by atoms with van der Waals surface area (Å²) >= 11 is 0. The number of nitrogens with zero attached hydrogens (tertiary/aromatic N) is 1. The number of ether oxygens (including phenoxy) is 2. The van der Waals surface area contributed by atoms with Crippen molar-refractivity contribution in [2.45, 2.75) is 50.2 Å². The third kappa shape index (κ3) is 5.92. The summed E-state index contributed by atoms with van der Waals surface area (Å²) in [5.41, 5.74) is 0.460. The van der Waals surface area contributed by atoms with Crippen LogP contribution < -0.4 is 10.1 Å². The molecule has 0 spiro atoms. The number of carbonyl (C=O) groups is 2. The number of carbonyl (C=O) groups excluding carboxylic acids is 2. The molecule has 0 radical (unpaired) electrons. The second-order valence-corrected chi connectivity index (χ2v) is 8.86. The molecule has 1 heterocycles. The molecule has 0 bridgehead atoms. The van der Waals surface area contributed by atoms with Crippen LogP contribution in [0.3, 0.4) is 0 Å². The van der Waals surface area contributed by atoms with Gasteiger partial charge in [0.2, 0.25) is 0 Å². The van der Waals surface area contributed by atoms with Crippen molar-refractivity contribution in [3.63, 3.8) is 0 Å². The molecule has 1 unspecified atom stereocenters. The lowest BCUT2D eigenvalue weighted by atomic mass is 9.73. The van der Waals surface area contributed by atoms with Crippen LogP contribution in [0, 0.1) is 0 Å². The number of amides is 1. The molecule has 176 valence electrons. The first kappa shape index (κ1) is 23.3. The Kier molecular flexibility index (Phi) is 7.62. The number of rotatable bonds is 6. The van der Waals surface area contributed by atoms with E-state index >= 15 is 0 Å². The minimum absolute atomic E-state index is 0.439. The predicted molar refractivity (Wildman–Crippen MR) is 124 cm³/mol. The van der Waals surface area contributed by atoms with E-state index in [0.717, 1.165) is 24.8 Å². The molecule has 7 heteroatoms. The van der Waals surface area contributed by atoms with Crippen molar-refractivity contribution in [3.8, 4) is 5.75 Å². The summed E-state index contributed by atoms with van der Waals surface area (Å²) in [4.78, 5) is 27.3. The largest absolute Gasteiger partial charge is 0.489 e. The minimum Gasteiger partial charge on any atom is -0.489 e. The van der Waals surface area contributed by atoms with Gasteiger partial charge in [-0.05, 0) is 36.1 Å². The zero-order chi connectivity index (χ0) is 23.1. The molecule has 0 aromatic heterocycles. The van der Waals surface area contributed by atoms with E-state index in [9.17, 15) is 14.7 Å². The van der Waals surface area contributed by atoms with E-state index in [4.69, 9.17) is 9.47 Å². The Morgan fingerprint density at radius 1 is 0.970 bits per heavy atom. The van der Waals surface area contributed by atoms with Gasteiger partial charge < -0.3 is 24.8 Å². The van der Waals surface area contributed by atoms with E-state index in [-0.39, 0.29) is 0 Å². The van der Waals surface area contributed by atoms with E-state index < -0.39 is 23.6 Å². The molecule has 2 aromatic rings. The quantitative estimate of drug-likeness (QED) is 0.514. The molecule has 2 fully saturated rings. The molecule has 1 aliphatic heterocycles. The van der Waals surface area contributed by atoms with Gasteiger partial charge in [0.05, 0.1) is 5.60 Å². The zero-order valence-electron chi connectivity index (χ0n) is 18.9. The summed E-state index contributed by atoms with van der Waals surface area (Å²) in [6, 6.07) is 17.0.